The second-order valence-electron chi connectivity index (χ2n) is 6.34. The first-order chi connectivity index (χ1) is 13.5. The van der Waals surface area contributed by atoms with E-state index < -0.39 is 0 Å². The fourth-order valence-corrected chi connectivity index (χ4v) is 2.72. The number of anilines is 4. The maximum absolute atomic E-state index is 6.08. The summed E-state index contributed by atoms with van der Waals surface area (Å²) in [4.78, 5) is 12.7. The molecule has 2 N–H and O–H groups in total. The van der Waals surface area contributed by atoms with Gasteiger partial charge in [0.2, 0.25) is 17.2 Å². The number of halogens is 1. The van der Waals surface area contributed by atoms with E-state index in [0.29, 0.717) is 35.0 Å². The van der Waals surface area contributed by atoms with E-state index >= 15 is 0 Å². The minimum atomic E-state index is 0.0753. The molecule has 0 saturated heterocycles. The molecule has 0 fully saturated rings. The fourth-order valence-electron chi connectivity index (χ4n) is 2.56. The first-order valence-corrected chi connectivity index (χ1v) is 9.14. The van der Waals surface area contributed by atoms with Crippen LogP contribution in [0.3, 0.4) is 0 Å². The smallest absolute Gasteiger partial charge is 0.233 e. The van der Waals surface area contributed by atoms with Gasteiger partial charge in [-0.1, -0.05) is 26.0 Å². The largest absolute Gasteiger partial charge is 0.497 e. The molecule has 3 aromatic rings. The second-order valence-corrected chi connectivity index (χ2v) is 6.68. The van der Waals surface area contributed by atoms with Crippen molar-refractivity contribution in [2.75, 3.05) is 24.9 Å². The number of nitrogens with one attached hydrogen (secondary N) is 2. The average molecular weight is 400 g/mol. The number of nitrogens with zero attached hydrogens (tertiary/aromatic N) is 3. The predicted octanol–water partition coefficient (Wildman–Crippen LogP) is 5.15. The van der Waals surface area contributed by atoms with Crippen molar-refractivity contribution in [1.82, 2.24) is 15.0 Å². The van der Waals surface area contributed by atoms with Crippen LogP contribution in [0.1, 0.15) is 25.3 Å². The third kappa shape index (κ3) is 4.80. The van der Waals surface area contributed by atoms with Gasteiger partial charge in [0, 0.05) is 11.8 Å². The molecule has 0 radical (unpaired) electrons. The van der Waals surface area contributed by atoms with Gasteiger partial charge >= 0.3 is 0 Å². The zero-order valence-corrected chi connectivity index (χ0v) is 16.9. The third-order valence-corrected chi connectivity index (χ3v) is 4.27. The summed E-state index contributed by atoms with van der Waals surface area (Å²) >= 11 is 6.08. The Balaban J connectivity index is 1.81. The molecule has 7 nitrogen and oxygen atoms in total. The minimum Gasteiger partial charge on any atom is -0.497 e. The Bertz CT molecular complexity index is 948. The summed E-state index contributed by atoms with van der Waals surface area (Å²) in [6.07, 6.45) is 0. The van der Waals surface area contributed by atoms with Gasteiger partial charge in [0.05, 0.1) is 19.9 Å². The highest BCUT2D eigenvalue weighted by atomic mass is 35.5. The first-order valence-electron chi connectivity index (χ1n) is 8.76. The Labute approximate surface area is 169 Å². The Morgan fingerprint density at radius 3 is 2.14 bits per heavy atom. The van der Waals surface area contributed by atoms with Crippen LogP contribution in [-0.2, 0) is 0 Å². The van der Waals surface area contributed by atoms with Crippen LogP contribution in [-0.4, -0.2) is 29.2 Å². The number of hydrogen-bond donors (Lipinski definition) is 2. The van der Waals surface area contributed by atoms with Crippen molar-refractivity contribution in [3.63, 3.8) is 0 Å². The topological polar surface area (TPSA) is 81.2 Å². The Morgan fingerprint density at radius 1 is 0.857 bits per heavy atom. The van der Waals surface area contributed by atoms with Crippen molar-refractivity contribution >= 4 is 34.9 Å². The van der Waals surface area contributed by atoms with Crippen molar-refractivity contribution in [2.45, 2.75) is 19.8 Å². The summed E-state index contributed by atoms with van der Waals surface area (Å²) in [6, 6.07) is 13.5. The summed E-state index contributed by atoms with van der Waals surface area (Å²) in [5, 5.41) is 6.32. The molecule has 3 rings (SSSR count). The van der Waals surface area contributed by atoms with Gasteiger partial charge in [-0.15, -0.1) is 0 Å². The van der Waals surface area contributed by atoms with Gasteiger partial charge in [0.15, 0.2) is 0 Å². The summed E-state index contributed by atoms with van der Waals surface area (Å²) in [5.74, 6) is 2.38. The van der Waals surface area contributed by atoms with E-state index in [2.05, 4.69) is 51.6 Å². The van der Waals surface area contributed by atoms with Gasteiger partial charge in [0.25, 0.3) is 0 Å². The monoisotopic (exact) mass is 399 g/mol. The van der Waals surface area contributed by atoms with E-state index in [-0.39, 0.29) is 5.28 Å². The zero-order valence-electron chi connectivity index (χ0n) is 16.2. The molecule has 0 unspecified atom stereocenters. The molecule has 0 saturated carbocycles. The number of methoxy groups -OCH3 is 2. The normalized spacial score (nSPS) is 10.6. The van der Waals surface area contributed by atoms with Gasteiger partial charge < -0.3 is 20.1 Å². The quantitative estimate of drug-likeness (QED) is 0.568. The van der Waals surface area contributed by atoms with Gasteiger partial charge in [-0.2, -0.15) is 15.0 Å². The minimum absolute atomic E-state index is 0.0753. The number of benzene rings is 2. The highest BCUT2D eigenvalue weighted by molar-refractivity contribution is 6.28. The van der Waals surface area contributed by atoms with Crippen LogP contribution in [0.25, 0.3) is 0 Å². The van der Waals surface area contributed by atoms with Crippen LogP contribution in [0, 0.1) is 0 Å². The third-order valence-electron chi connectivity index (χ3n) is 4.10. The van der Waals surface area contributed by atoms with E-state index in [1.165, 1.54) is 5.56 Å². The summed E-state index contributed by atoms with van der Waals surface area (Å²) in [5.41, 5.74) is 2.80. The molecule has 0 aliphatic carbocycles. The van der Waals surface area contributed by atoms with Crippen molar-refractivity contribution in [2.24, 2.45) is 0 Å². The predicted molar refractivity (Wildman–Crippen MR) is 111 cm³/mol. The maximum atomic E-state index is 6.08. The standard InChI is InChI=1S/C20H22ClN5O2/c1-12(2)13-5-7-14(8-6-13)22-19-24-18(21)25-20(26-19)23-16-10-9-15(27-3)11-17(16)28-4/h5-12H,1-4H3,(H2,22,23,24,25,26). The van der Waals surface area contributed by atoms with E-state index in [9.17, 15) is 0 Å². The van der Waals surface area contributed by atoms with Gasteiger partial charge in [0.1, 0.15) is 11.5 Å². The maximum Gasteiger partial charge on any atom is 0.233 e. The molecule has 1 aromatic heterocycles. The molecule has 28 heavy (non-hydrogen) atoms. The molecule has 1 heterocycles. The summed E-state index contributed by atoms with van der Waals surface area (Å²) < 4.78 is 10.6. The molecular weight excluding hydrogens is 378 g/mol. The fraction of sp³-hybridized carbons (Fsp3) is 0.250. The molecule has 0 spiro atoms. The van der Waals surface area contributed by atoms with E-state index in [0.717, 1.165) is 5.69 Å². The molecule has 146 valence electrons. The summed E-state index contributed by atoms with van der Waals surface area (Å²) in [6.45, 7) is 4.30. The lowest BCUT2D eigenvalue weighted by Gasteiger charge is -2.12. The molecule has 0 aliphatic heterocycles. The van der Waals surface area contributed by atoms with Crippen molar-refractivity contribution in [3.05, 3.63) is 53.3 Å². The molecule has 0 amide bonds. The molecule has 8 heteroatoms. The lowest BCUT2D eigenvalue weighted by molar-refractivity contribution is 0.395. The van der Waals surface area contributed by atoms with Crippen LogP contribution >= 0.6 is 11.6 Å². The van der Waals surface area contributed by atoms with Crippen molar-refractivity contribution in [1.29, 1.82) is 0 Å². The van der Waals surface area contributed by atoms with Gasteiger partial charge in [-0.25, -0.2) is 0 Å². The molecule has 0 atom stereocenters. The Morgan fingerprint density at radius 2 is 1.54 bits per heavy atom. The Hall–Kier alpha value is -3.06. The number of rotatable bonds is 7. The lowest BCUT2D eigenvalue weighted by atomic mass is 10.0. The van der Waals surface area contributed by atoms with Crippen LogP contribution in [0.2, 0.25) is 5.28 Å². The van der Waals surface area contributed by atoms with Crippen molar-refractivity contribution in [3.8, 4) is 11.5 Å². The number of aromatic nitrogens is 3. The van der Waals surface area contributed by atoms with Crippen LogP contribution in [0.5, 0.6) is 11.5 Å². The van der Waals surface area contributed by atoms with Crippen LogP contribution < -0.4 is 20.1 Å². The van der Waals surface area contributed by atoms with E-state index in [4.69, 9.17) is 21.1 Å². The number of ether oxygens (including phenoxy) is 2. The molecule has 2 aromatic carbocycles. The molecule has 0 bridgehead atoms. The van der Waals surface area contributed by atoms with E-state index in [1.807, 2.05) is 24.3 Å². The lowest BCUT2D eigenvalue weighted by Crippen LogP contribution is -2.05. The van der Waals surface area contributed by atoms with Gasteiger partial charge in [-0.05, 0) is 47.3 Å². The summed E-state index contributed by atoms with van der Waals surface area (Å²) in [7, 11) is 3.17. The van der Waals surface area contributed by atoms with Crippen LogP contribution in [0.15, 0.2) is 42.5 Å². The Kier molecular flexibility index (Phi) is 6.16. The van der Waals surface area contributed by atoms with E-state index in [1.54, 1.807) is 20.3 Å². The average Bonchev–Trinajstić information content (AvgIpc) is 2.68. The highest BCUT2D eigenvalue weighted by Crippen LogP contribution is 2.31. The zero-order chi connectivity index (χ0) is 20.1. The molecule has 0 aliphatic rings. The highest BCUT2D eigenvalue weighted by Gasteiger charge is 2.10. The van der Waals surface area contributed by atoms with Gasteiger partial charge in [-0.3, -0.25) is 0 Å². The molecular formula is C20H22ClN5O2. The number of hydrogen-bond acceptors (Lipinski definition) is 7. The van der Waals surface area contributed by atoms with Crippen molar-refractivity contribution < 1.29 is 9.47 Å². The second kappa shape index (κ2) is 8.75. The van der Waals surface area contributed by atoms with Crippen LogP contribution in [0.4, 0.5) is 23.3 Å². The first kappa shape index (κ1) is 19.7. The SMILES string of the molecule is COc1ccc(Nc2nc(Cl)nc(Nc3ccc(C(C)C)cc3)n2)c(OC)c1.